The topological polar surface area (TPSA) is 94.3 Å². The summed E-state index contributed by atoms with van der Waals surface area (Å²) in [7, 11) is 0. The zero-order chi connectivity index (χ0) is 16.1. The molecule has 0 aliphatic rings. The molecule has 0 bridgehead atoms. The van der Waals surface area contributed by atoms with Gasteiger partial charge in [-0.25, -0.2) is 4.98 Å². The van der Waals surface area contributed by atoms with E-state index in [0.29, 0.717) is 22.4 Å². The van der Waals surface area contributed by atoms with Crippen LogP contribution in [0.5, 0.6) is 5.75 Å². The number of ether oxygens (including phenoxy) is 1. The predicted octanol–water partition coefficient (Wildman–Crippen LogP) is 2.38. The Hall–Kier alpha value is -2.41. The minimum atomic E-state index is -0.549. The minimum Gasteiger partial charge on any atom is -0.484 e. The zero-order valence-electron chi connectivity index (χ0n) is 12.3. The van der Waals surface area contributed by atoms with Crippen molar-refractivity contribution in [3.63, 3.8) is 0 Å². The van der Waals surface area contributed by atoms with E-state index >= 15 is 0 Å². The van der Waals surface area contributed by atoms with Crippen molar-refractivity contribution in [2.45, 2.75) is 19.8 Å². The van der Waals surface area contributed by atoms with Crippen LogP contribution in [0, 0.1) is 0 Å². The van der Waals surface area contributed by atoms with Crippen molar-refractivity contribution in [2.24, 2.45) is 5.73 Å². The molecule has 2 rings (SSSR count). The summed E-state index contributed by atoms with van der Waals surface area (Å²) in [5.74, 6) is 0.00735. The van der Waals surface area contributed by atoms with Gasteiger partial charge in [0.25, 0.3) is 11.8 Å². The lowest BCUT2D eigenvalue weighted by atomic mass is 10.2. The third kappa shape index (κ3) is 4.29. The molecule has 0 aliphatic heterocycles. The van der Waals surface area contributed by atoms with Crippen molar-refractivity contribution < 1.29 is 14.3 Å². The summed E-state index contributed by atoms with van der Waals surface area (Å²) in [6, 6.07) is 6.45. The lowest BCUT2D eigenvalue weighted by molar-refractivity contribution is -0.119. The molecule has 0 unspecified atom stereocenters. The van der Waals surface area contributed by atoms with E-state index in [0.717, 1.165) is 5.69 Å². The number of nitrogens with two attached hydrogens (primary N) is 1. The van der Waals surface area contributed by atoms with Crippen LogP contribution in [0.1, 0.15) is 35.8 Å². The van der Waals surface area contributed by atoms with Gasteiger partial charge in [-0.15, -0.1) is 11.3 Å². The molecular weight excluding hydrogens is 302 g/mol. The Kier molecular flexibility index (Phi) is 5.11. The van der Waals surface area contributed by atoms with Crippen molar-refractivity contribution >= 4 is 28.3 Å². The Bertz CT molecular complexity index is 665. The lowest BCUT2D eigenvalue weighted by Gasteiger charge is -2.05. The number of carbonyl (C=O) groups excluding carboxylic acids is 2. The molecule has 7 heteroatoms. The van der Waals surface area contributed by atoms with Crippen LogP contribution in [0.3, 0.4) is 0 Å². The molecule has 1 aromatic heterocycles. The molecule has 0 atom stereocenters. The highest BCUT2D eigenvalue weighted by Gasteiger charge is 2.10. The fourth-order valence-electron chi connectivity index (χ4n) is 1.64. The zero-order valence-corrected chi connectivity index (χ0v) is 13.1. The van der Waals surface area contributed by atoms with Gasteiger partial charge < -0.3 is 10.5 Å². The molecule has 6 nitrogen and oxygen atoms in total. The van der Waals surface area contributed by atoms with Crippen molar-refractivity contribution in [3.05, 3.63) is 40.9 Å². The molecule has 0 aliphatic carbocycles. The summed E-state index contributed by atoms with van der Waals surface area (Å²) in [6.07, 6.45) is 0. The molecule has 0 fully saturated rings. The van der Waals surface area contributed by atoms with E-state index in [1.54, 1.807) is 24.3 Å². The molecular formula is C15H17N3O3S. The highest BCUT2D eigenvalue weighted by molar-refractivity contribution is 7.14. The maximum absolute atomic E-state index is 12.1. The number of carbonyl (C=O) groups is 2. The number of anilines is 1. The van der Waals surface area contributed by atoms with Crippen LogP contribution < -0.4 is 15.8 Å². The van der Waals surface area contributed by atoms with E-state index in [1.165, 1.54) is 11.3 Å². The number of aromatic nitrogens is 1. The normalized spacial score (nSPS) is 10.5. The molecule has 22 heavy (non-hydrogen) atoms. The van der Waals surface area contributed by atoms with Crippen molar-refractivity contribution in [2.75, 3.05) is 11.9 Å². The standard InChI is InChI=1S/C15H17N3O3S/c1-9(2)12-8-22-15(17-12)18-14(20)10-3-5-11(6-4-10)21-7-13(16)19/h3-6,8-9H,7H2,1-2H3,(H2,16,19)(H,17,18,20). The number of primary amides is 1. The number of rotatable bonds is 6. The van der Waals surface area contributed by atoms with E-state index in [-0.39, 0.29) is 12.5 Å². The second-order valence-corrected chi connectivity index (χ2v) is 5.82. The Balaban J connectivity index is 1.98. The summed E-state index contributed by atoms with van der Waals surface area (Å²) < 4.78 is 5.13. The van der Waals surface area contributed by atoms with Crippen LogP contribution in [-0.4, -0.2) is 23.4 Å². The van der Waals surface area contributed by atoms with Gasteiger partial charge in [-0.2, -0.15) is 0 Å². The first kappa shape index (κ1) is 16.0. The summed E-state index contributed by atoms with van der Waals surface area (Å²) in [5, 5.41) is 5.26. The van der Waals surface area contributed by atoms with Crippen LogP contribution in [0.25, 0.3) is 0 Å². The highest BCUT2D eigenvalue weighted by Crippen LogP contribution is 2.22. The summed E-state index contributed by atoms with van der Waals surface area (Å²) in [5.41, 5.74) is 6.43. The number of hydrogen-bond acceptors (Lipinski definition) is 5. The number of thiazole rings is 1. The summed E-state index contributed by atoms with van der Waals surface area (Å²) >= 11 is 1.40. The third-order valence-electron chi connectivity index (χ3n) is 2.83. The first-order valence-electron chi connectivity index (χ1n) is 6.73. The fraction of sp³-hybridized carbons (Fsp3) is 0.267. The van der Waals surface area contributed by atoms with Gasteiger partial charge in [0.05, 0.1) is 5.69 Å². The molecule has 0 radical (unpaired) electrons. The van der Waals surface area contributed by atoms with Gasteiger partial charge >= 0.3 is 0 Å². The van der Waals surface area contributed by atoms with Gasteiger partial charge in [0.2, 0.25) is 0 Å². The van der Waals surface area contributed by atoms with Gasteiger partial charge in [0, 0.05) is 10.9 Å². The predicted molar refractivity (Wildman–Crippen MR) is 85.3 cm³/mol. The first-order chi connectivity index (χ1) is 10.5. The van der Waals surface area contributed by atoms with Crippen LogP contribution in [-0.2, 0) is 4.79 Å². The van der Waals surface area contributed by atoms with Gasteiger partial charge in [-0.05, 0) is 30.2 Å². The van der Waals surface area contributed by atoms with Gasteiger partial charge in [-0.3, -0.25) is 14.9 Å². The molecule has 0 saturated heterocycles. The number of nitrogens with zero attached hydrogens (tertiary/aromatic N) is 1. The van der Waals surface area contributed by atoms with Crippen LogP contribution in [0.2, 0.25) is 0 Å². The van der Waals surface area contributed by atoms with Crippen molar-refractivity contribution in [3.8, 4) is 5.75 Å². The number of nitrogens with one attached hydrogen (secondary N) is 1. The molecule has 1 heterocycles. The van der Waals surface area contributed by atoms with E-state index in [9.17, 15) is 9.59 Å². The molecule has 0 spiro atoms. The minimum absolute atomic E-state index is 0.192. The van der Waals surface area contributed by atoms with Gasteiger partial charge in [0.15, 0.2) is 11.7 Å². The largest absolute Gasteiger partial charge is 0.484 e. The maximum atomic E-state index is 12.1. The molecule has 3 N–H and O–H groups in total. The molecule has 2 amide bonds. The van der Waals surface area contributed by atoms with E-state index in [4.69, 9.17) is 10.5 Å². The highest BCUT2D eigenvalue weighted by atomic mass is 32.1. The second kappa shape index (κ2) is 7.04. The number of hydrogen-bond donors (Lipinski definition) is 2. The third-order valence-corrected chi connectivity index (χ3v) is 3.61. The maximum Gasteiger partial charge on any atom is 0.257 e. The van der Waals surface area contributed by atoms with Crippen LogP contribution >= 0.6 is 11.3 Å². The number of amides is 2. The van der Waals surface area contributed by atoms with E-state index in [2.05, 4.69) is 10.3 Å². The summed E-state index contributed by atoms with van der Waals surface area (Å²) in [6.45, 7) is 3.90. The molecule has 0 saturated carbocycles. The average Bonchev–Trinajstić information content (AvgIpc) is 2.94. The average molecular weight is 319 g/mol. The van der Waals surface area contributed by atoms with Crippen LogP contribution in [0.15, 0.2) is 29.6 Å². The smallest absolute Gasteiger partial charge is 0.257 e. The lowest BCUT2D eigenvalue weighted by Crippen LogP contribution is -2.20. The van der Waals surface area contributed by atoms with Gasteiger partial charge in [0.1, 0.15) is 5.75 Å². The Morgan fingerprint density at radius 1 is 1.32 bits per heavy atom. The van der Waals surface area contributed by atoms with Crippen molar-refractivity contribution in [1.82, 2.24) is 4.98 Å². The number of benzene rings is 1. The monoisotopic (exact) mass is 319 g/mol. The fourth-order valence-corrected chi connectivity index (χ4v) is 2.50. The Morgan fingerprint density at radius 2 is 2.00 bits per heavy atom. The first-order valence-corrected chi connectivity index (χ1v) is 7.61. The molecule has 1 aromatic carbocycles. The Morgan fingerprint density at radius 3 is 2.55 bits per heavy atom. The second-order valence-electron chi connectivity index (χ2n) is 4.97. The Labute approximate surface area is 132 Å². The van der Waals surface area contributed by atoms with Crippen LogP contribution in [0.4, 0.5) is 5.13 Å². The SMILES string of the molecule is CC(C)c1csc(NC(=O)c2ccc(OCC(N)=O)cc2)n1. The van der Waals surface area contributed by atoms with Gasteiger partial charge in [-0.1, -0.05) is 13.8 Å². The molecule has 2 aromatic rings. The van der Waals surface area contributed by atoms with E-state index < -0.39 is 5.91 Å². The molecule has 116 valence electrons. The quantitative estimate of drug-likeness (QED) is 0.854. The summed E-state index contributed by atoms with van der Waals surface area (Å²) in [4.78, 5) is 27.1. The van der Waals surface area contributed by atoms with E-state index in [1.807, 2.05) is 19.2 Å². The van der Waals surface area contributed by atoms with Crippen molar-refractivity contribution in [1.29, 1.82) is 0 Å².